The molecule has 0 unspecified atom stereocenters. The van der Waals surface area contributed by atoms with Gasteiger partial charge in [-0.3, -0.25) is 10.1 Å². The highest BCUT2D eigenvalue weighted by Crippen LogP contribution is 2.32. The molecule has 0 radical (unpaired) electrons. The number of nitro benzene ring substituents is 1. The van der Waals surface area contributed by atoms with Crippen LogP contribution in [0.1, 0.15) is 12.7 Å². The molecule has 0 amide bonds. The number of nitriles is 1. The van der Waals surface area contributed by atoms with Crippen molar-refractivity contribution in [2.75, 3.05) is 6.61 Å². The van der Waals surface area contributed by atoms with Crippen molar-refractivity contribution >= 4 is 5.69 Å². The quantitative estimate of drug-likeness (QED) is 0.607. The highest BCUT2D eigenvalue weighted by atomic mass is 16.6. The first-order valence-corrected chi connectivity index (χ1v) is 5.39. The number of aromatic nitrogens is 3. The molecule has 0 spiro atoms. The lowest BCUT2D eigenvalue weighted by molar-refractivity contribution is -0.385. The second kappa shape index (κ2) is 5.14. The topological polar surface area (TPSA) is 107 Å². The Morgan fingerprint density at radius 2 is 2.37 bits per heavy atom. The standard InChI is InChI=1S/C11H9N5O3/c1-2-19-9-5-3-4-8(11(9)16(17)18)15-7-13-10(6-12)14-15/h3-5,7H,2H2,1H3. The first kappa shape index (κ1) is 12.5. The smallest absolute Gasteiger partial charge is 0.336 e. The maximum absolute atomic E-state index is 11.2. The van der Waals surface area contributed by atoms with Crippen LogP contribution in [-0.2, 0) is 0 Å². The van der Waals surface area contributed by atoms with E-state index >= 15 is 0 Å². The number of rotatable bonds is 4. The number of hydrogen-bond donors (Lipinski definition) is 0. The zero-order valence-electron chi connectivity index (χ0n) is 9.98. The molecule has 2 rings (SSSR count). The van der Waals surface area contributed by atoms with E-state index in [9.17, 15) is 10.1 Å². The minimum atomic E-state index is -0.548. The van der Waals surface area contributed by atoms with Crippen LogP contribution in [0.25, 0.3) is 5.69 Å². The monoisotopic (exact) mass is 259 g/mol. The van der Waals surface area contributed by atoms with E-state index in [4.69, 9.17) is 10.00 Å². The molecule has 8 heteroatoms. The van der Waals surface area contributed by atoms with E-state index in [1.807, 2.05) is 0 Å². The van der Waals surface area contributed by atoms with Crippen LogP contribution in [0.15, 0.2) is 24.5 Å². The third kappa shape index (κ3) is 2.35. The maximum atomic E-state index is 11.2. The summed E-state index contributed by atoms with van der Waals surface area (Å²) >= 11 is 0. The van der Waals surface area contributed by atoms with Crippen LogP contribution in [0.2, 0.25) is 0 Å². The molecule has 2 aromatic rings. The van der Waals surface area contributed by atoms with Crippen LogP contribution >= 0.6 is 0 Å². The van der Waals surface area contributed by atoms with Gasteiger partial charge in [0.1, 0.15) is 18.1 Å². The molecule has 0 aliphatic heterocycles. The van der Waals surface area contributed by atoms with Gasteiger partial charge in [0.2, 0.25) is 0 Å². The Labute approximate surface area is 108 Å². The van der Waals surface area contributed by atoms with Gasteiger partial charge in [0.05, 0.1) is 11.5 Å². The van der Waals surface area contributed by atoms with E-state index in [0.717, 1.165) is 0 Å². The summed E-state index contributed by atoms with van der Waals surface area (Å²) in [6.45, 7) is 2.05. The Morgan fingerprint density at radius 1 is 1.58 bits per heavy atom. The fraction of sp³-hybridized carbons (Fsp3) is 0.182. The summed E-state index contributed by atoms with van der Waals surface area (Å²) in [5.41, 5.74) is -0.0105. The molecule has 0 fully saturated rings. The van der Waals surface area contributed by atoms with Crippen LogP contribution < -0.4 is 4.74 Å². The zero-order valence-corrected chi connectivity index (χ0v) is 9.98. The van der Waals surface area contributed by atoms with Crippen molar-refractivity contribution in [3.05, 3.63) is 40.5 Å². The van der Waals surface area contributed by atoms with E-state index in [0.29, 0.717) is 6.61 Å². The molecule has 8 nitrogen and oxygen atoms in total. The van der Waals surface area contributed by atoms with Crippen molar-refractivity contribution in [3.63, 3.8) is 0 Å². The van der Waals surface area contributed by atoms with Crippen molar-refractivity contribution in [2.45, 2.75) is 6.92 Å². The Hall–Kier alpha value is -2.95. The predicted octanol–water partition coefficient (Wildman–Crippen LogP) is 1.45. The van der Waals surface area contributed by atoms with E-state index in [1.54, 1.807) is 19.1 Å². The molecular weight excluding hydrogens is 250 g/mol. The van der Waals surface area contributed by atoms with Crippen molar-refractivity contribution in [3.8, 4) is 17.5 Å². The molecule has 0 aliphatic carbocycles. The van der Waals surface area contributed by atoms with Gasteiger partial charge in [-0.15, -0.1) is 5.10 Å². The fourth-order valence-corrected chi connectivity index (χ4v) is 1.58. The van der Waals surface area contributed by atoms with Crippen molar-refractivity contribution in [2.24, 2.45) is 0 Å². The number of hydrogen-bond acceptors (Lipinski definition) is 6. The molecule has 0 N–H and O–H groups in total. The largest absolute Gasteiger partial charge is 0.487 e. The molecule has 96 valence electrons. The van der Waals surface area contributed by atoms with E-state index < -0.39 is 4.92 Å². The highest BCUT2D eigenvalue weighted by molar-refractivity contribution is 5.61. The van der Waals surface area contributed by atoms with Gasteiger partial charge in [0.15, 0.2) is 5.75 Å². The van der Waals surface area contributed by atoms with Crippen LogP contribution in [-0.4, -0.2) is 26.3 Å². The number of benzene rings is 1. The third-order valence-corrected chi connectivity index (χ3v) is 2.30. The van der Waals surface area contributed by atoms with Crippen LogP contribution in [0, 0.1) is 21.4 Å². The Balaban J connectivity index is 2.59. The summed E-state index contributed by atoms with van der Waals surface area (Å²) < 4.78 is 6.41. The molecule has 1 aromatic heterocycles. The van der Waals surface area contributed by atoms with Gasteiger partial charge in [-0.05, 0) is 19.1 Å². The average Bonchev–Trinajstić information content (AvgIpc) is 2.87. The molecule has 1 heterocycles. The normalized spacial score (nSPS) is 9.89. The van der Waals surface area contributed by atoms with Gasteiger partial charge in [0, 0.05) is 0 Å². The van der Waals surface area contributed by atoms with Gasteiger partial charge >= 0.3 is 5.69 Å². The van der Waals surface area contributed by atoms with Crippen molar-refractivity contribution in [1.29, 1.82) is 5.26 Å². The number of para-hydroxylation sites is 1. The van der Waals surface area contributed by atoms with Gasteiger partial charge in [-0.1, -0.05) is 6.07 Å². The summed E-state index contributed by atoms with van der Waals surface area (Å²) in [6, 6.07) is 6.39. The number of nitrogens with zero attached hydrogens (tertiary/aromatic N) is 5. The van der Waals surface area contributed by atoms with Crippen LogP contribution in [0.4, 0.5) is 5.69 Å². The van der Waals surface area contributed by atoms with Crippen molar-refractivity contribution < 1.29 is 9.66 Å². The van der Waals surface area contributed by atoms with E-state index in [-0.39, 0.29) is 22.9 Å². The minimum Gasteiger partial charge on any atom is -0.487 e. The molecule has 0 saturated heterocycles. The summed E-state index contributed by atoms with van der Waals surface area (Å²) in [6.07, 6.45) is 1.25. The Kier molecular flexibility index (Phi) is 3.38. The van der Waals surface area contributed by atoms with Crippen molar-refractivity contribution in [1.82, 2.24) is 14.8 Å². The number of nitro groups is 1. The second-order valence-corrected chi connectivity index (χ2v) is 3.44. The minimum absolute atomic E-state index is 0.0592. The number of ether oxygens (including phenoxy) is 1. The summed E-state index contributed by atoms with van der Waals surface area (Å²) in [7, 11) is 0. The first-order valence-electron chi connectivity index (χ1n) is 5.39. The van der Waals surface area contributed by atoms with Gasteiger partial charge in [-0.25, -0.2) is 9.67 Å². The molecule has 0 bridgehead atoms. The maximum Gasteiger partial charge on any atom is 0.336 e. The lowest BCUT2D eigenvalue weighted by Gasteiger charge is -2.07. The van der Waals surface area contributed by atoms with Gasteiger partial charge in [0.25, 0.3) is 5.82 Å². The van der Waals surface area contributed by atoms with E-state index in [1.165, 1.54) is 23.1 Å². The molecular formula is C11H9N5O3. The fourth-order valence-electron chi connectivity index (χ4n) is 1.58. The summed E-state index contributed by atoms with van der Waals surface area (Å²) in [4.78, 5) is 14.3. The SMILES string of the molecule is CCOc1cccc(-n2cnc(C#N)n2)c1[N+](=O)[O-]. The van der Waals surface area contributed by atoms with E-state index in [2.05, 4.69) is 10.1 Å². The Morgan fingerprint density at radius 3 is 2.95 bits per heavy atom. The molecule has 0 aliphatic rings. The van der Waals surface area contributed by atoms with Gasteiger partial charge < -0.3 is 4.74 Å². The average molecular weight is 259 g/mol. The predicted molar refractivity (Wildman–Crippen MR) is 63.9 cm³/mol. The summed E-state index contributed by atoms with van der Waals surface area (Å²) in [5.74, 6) is 0.0927. The van der Waals surface area contributed by atoms with Crippen LogP contribution in [0.3, 0.4) is 0 Å². The molecule has 1 aromatic carbocycles. The lowest BCUT2D eigenvalue weighted by Crippen LogP contribution is -2.04. The third-order valence-electron chi connectivity index (χ3n) is 2.30. The lowest BCUT2D eigenvalue weighted by atomic mass is 10.2. The zero-order chi connectivity index (χ0) is 13.8. The second-order valence-electron chi connectivity index (χ2n) is 3.44. The summed E-state index contributed by atoms with van der Waals surface area (Å²) in [5, 5.41) is 23.7. The van der Waals surface area contributed by atoms with Crippen LogP contribution in [0.5, 0.6) is 5.75 Å². The molecule has 19 heavy (non-hydrogen) atoms. The Bertz CT molecular complexity index is 659. The van der Waals surface area contributed by atoms with Gasteiger partial charge in [-0.2, -0.15) is 5.26 Å². The molecule has 0 saturated carbocycles. The molecule has 0 atom stereocenters. The first-order chi connectivity index (χ1) is 9.17. The highest BCUT2D eigenvalue weighted by Gasteiger charge is 2.23.